The van der Waals surface area contributed by atoms with E-state index in [1.54, 1.807) is 0 Å². The van der Waals surface area contributed by atoms with Gasteiger partial charge in [-0.15, -0.1) is 11.6 Å². The van der Waals surface area contributed by atoms with Crippen LogP contribution in [0.1, 0.15) is 39.5 Å². The molecule has 0 aromatic rings. The van der Waals surface area contributed by atoms with Gasteiger partial charge in [0.2, 0.25) is 0 Å². The molecule has 1 nitrogen and oxygen atoms in total. The van der Waals surface area contributed by atoms with Gasteiger partial charge in [0.05, 0.1) is 6.61 Å². The van der Waals surface area contributed by atoms with Crippen LogP contribution in [-0.2, 0) is 4.74 Å². The molecule has 0 aliphatic rings. The van der Waals surface area contributed by atoms with Crippen LogP contribution in [-0.4, -0.2) is 19.1 Å². The summed E-state index contributed by atoms with van der Waals surface area (Å²) in [6.45, 7) is 9.72. The topological polar surface area (TPSA) is 9.23 Å². The van der Waals surface area contributed by atoms with E-state index < -0.39 is 0 Å². The molecule has 0 bridgehead atoms. The predicted octanol–water partition coefficient (Wildman–Crippen LogP) is 4.01. The lowest BCUT2D eigenvalue weighted by atomic mass is 10.0. The molecule has 0 spiro atoms. The van der Waals surface area contributed by atoms with Crippen LogP contribution in [0.4, 0.5) is 0 Å². The number of rotatable bonds is 9. The molecule has 1 unspecified atom stereocenters. The van der Waals surface area contributed by atoms with Crippen molar-refractivity contribution in [1.29, 1.82) is 0 Å². The third-order valence-electron chi connectivity index (χ3n) is 2.39. The first-order valence-electron chi connectivity index (χ1n) is 5.54. The van der Waals surface area contributed by atoms with Gasteiger partial charge in [-0.3, -0.25) is 0 Å². The van der Waals surface area contributed by atoms with Gasteiger partial charge in [0.1, 0.15) is 0 Å². The lowest BCUT2D eigenvalue weighted by Crippen LogP contribution is -2.10. The lowest BCUT2D eigenvalue weighted by molar-refractivity contribution is 0.112. The van der Waals surface area contributed by atoms with Gasteiger partial charge in [-0.05, 0) is 17.9 Å². The van der Waals surface area contributed by atoms with Crippen molar-refractivity contribution in [1.82, 2.24) is 0 Å². The van der Waals surface area contributed by atoms with Crippen LogP contribution in [0.2, 0.25) is 0 Å². The van der Waals surface area contributed by atoms with Crippen molar-refractivity contribution in [3.05, 3.63) is 12.2 Å². The van der Waals surface area contributed by atoms with Crippen molar-refractivity contribution in [3.8, 4) is 0 Å². The Bertz CT molecular complexity index is 145. The second-order valence-corrected chi connectivity index (χ2v) is 4.08. The number of ether oxygens (including phenoxy) is 1. The van der Waals surface area contributed by atoms with E-state index in [1.165, 1.54) is 25.7 Å². The van der Waals surface area contributed by atoms with Crippen molar-refractivity contribution in [2.75, 3.05) is 19.1 Å². The maximum absolute atomic E-state index is 5.61. The van der Waals surface area contributed by atoms with E-state index in [4.69, 9.17) is 16.3 Å². The molecule has 14 heavy (non-hydrogen) atoms. The summed E-state index contributed by atoms with van der Waals surface area (Å²) in [5.74, 6) is 1.21. The maximum Gasteiger partial charge on any atom is 0.0685 e. The van der Waals surface area contributed by atoms with E-state index in [1.807, 2.05) is 0 Å². The third-order valence-corrected chi connectivity index (χ3v) is 2.77. The molecule has 0 aliphatic carbocycles. The first-order chi connectivity index (χ1) is 6.74. The Balaban J connectivity index is 3.46. The molecule has 2 heteroatoms. The van der Waals surface area contributed by atoms with Crippen LogP contribution in [0.25, 0.3) is 0 Å². The largest absolute Gasteiger partial charge is 0.377 e. The summed E-state index contributed by atoms with van der Waals surface area (Å²) < 4.78 is 5.55. The number of alkyl halides is 1. The van der Waals surface area contributed by atoms with E-state index in [0.29, 0.717) is 18.4 Å². The quantitative estimate of drug-likeness (QED) is 0.420. The van der Waals surface area contributed by atoms with Crippen LogP contribution in [0, 0.1) is 5.92 Å². The van der Waals surface area contributed by atoms with Gasteiger partial charge in [-0.2, -0.15) is 0 Å². The summed E-state index contributed by atoms with van der Waals surface area (Å²) in [7, 11) is 0. The minimum atomic E-state index is 0.506. The number of unbranched alkanes of at least 4 members (excludes halogenated alkanes) is 1. The summed E-state index contributed by atoms with van der Waals surface area (Å²) in [5, 5.41) is 0. The highest BCUT2D eigenvalue weighted by Crippen LogP contribution is 2.13. The van der Waals surface area contributed by atoms with Crippen LogP contribution in [0.5, 0.6) is 0 Å². The van der Waals surface area contributed by atoms with Gasteiger partial charge in [-0.1, -0.05) is 39.7 Å². The molecule has 1 atom stereocenters. The minimum Gasteiger partial charge on any atom is -0.377 e. The molecule has 0 N–H and O–H groups in total. The molecule has 0 radical (unpaired) electrons. The van der Waals surface area contributed by atoms with Crippen molar-refractivity contribution in [2.24, 2.45) is 5.92 Å². The monoisotopic (exact) mass is 218 g/mol. The molecule has 0 rings (SSSR count). The highest BCUT2D eigenvalue weighted by atomic mass is 35.5. The summed E-state index contributed by atoms with van der Waals surface area (Å²) >= 11 is 5.61. The van der Waals surface area contributed by atoms with E-state index in [-0.39, 0.29) is 0 Å². The zero-order valence-electron chi connectivity index (χ0n) is 9.52. The molecule has 0 fully saturated rings. The zero-order valence-corrected chi connectivity index (χ0v) is 10.3. The highest BCUT2D eigenvalue weighted by molar-refractivity contribution is 6.19. The summed E-state index contributed by atoms with van der Waals surface area (Å²) in [6.07, 6.45) is 5.05. The van der Waals surface area contributed by atoms with Crippen molar-refractivity contribution in [3.63, 3.8) is 0 Å². The average Bonchev–Trinajstić information content (AvgIpc) is 2.22. The van der Waals surface area contributed by atoms with Gasteiger partial charge in [0.15, 0.2) is 0 Å². The molecule has 0 heterocycles. The Morgan fingerprint density at radius 3 is 2.64 bits per heavy atom. The smallest absolute Gasteiger partial charge is 0.0685 e. The summed E-state index contributed by atoms with van der Waals surface area (Å²) in [4.78, 5) is 0. The molecular weight excluding hydrogens is 196 g/mol. The van der Waals surface area contributed by atoms with Gasteiger partial charge in [-0.25, -0.2) is 0 Å². The van der Waals surface area contributed by atoms with Crippen LogP contribution in [0.3, 0.4) is 0 Å². The van der Waals surface area contributed by atoms with Crippen LogP contribution in [0.15, 0.2) is 12.2 Å². The molecule has 0 aromatic heterocycles. The molecule has 0 saturated heterocycles. The first kappa shape index (κ1) is 14.0. The average molecular weight is 219 g/mol. The fourth-order valence-electron chi connectivity index (χ4n) is 1.31. The summed E-state index contributed by atoms with van der Waals surface area (Å²) in [6, 6.07) is 0. The Morgan fingerprint density at radius 2 is 2.14 bits per heavy atom. The number of hydrogen-bond acceptors (Lipinski definition) is 1. The molecule has 84 valence electrons. The zero-order chi connectivity index (χ0) is 10.8. The molecule has 0 amide bonds. The van der Waals surface area contributed by atoms with Crippen molar-refractivity contribution >= 4 is 11.6 Å². The molecule has 0 aliphatic heterocycles. The van der Waals surface area contributed by atoms with E-state index in [2.05, 4.69) is 20.4 Å². The number of hydrogen-bond donors (Lipinski definition) is 0. The maximum atomic E-state index is 5.61. The molecule has 0 saturated carbocycles. The van der Waals surface area contributed by atoms with E-state index in [0.717, 1.165) is 12.2 Å². The highest BCUT2D eigenvalue weighted by Gasteiger charge is 2.05. The Hall–Kier alpha value is -0.0100. The molecule has 0 aromatic carbocycles. The Morgan fingerprint density at radius 1 is 1.43 bits per heavy atom. The predicted molar refractivity (Wildman–Crippen MR) is 64.0 cm³/mol. The second kappa shape index (κ2) is 9.54. The van der Waals surface area contributed by atoms with Crippen molar-refractivity contribution in [2.45, 2.75) is 39.5 Å². The first-order valence-corrected chi connectivity index (χ1v) is 6.08. The van der Waals surface area contributed by atoms with Gasteiger partial charge in [0, 0.05) is 12.5 Å². The van der Waals surface area contributed by atoms with E-state index >= 15 is 0 Å². The lowest BCUT2D eigenvalue weighted by Gasteiger charge is -2.14. The second-order valence-electron chi connectivity index (χ2n) is 3.82. The molecular formula is C12H23ClO. The van der Waals surface area contributed by atoms with Gasteiger partial charge >= 0.3 is 0 Å². The van der Waals surface area contributed by atoms with Crippen molar-refractivity contribution < 1.29 is 4.74 Å². The van der Waals surface area contributed by atoms with Crippen LogP contribution < -0.4 is 0 Å². The Kier molecular flexibility index (Phi) is 9.53. The number of halogens is 1. The minimum absolute atomic E-state index is 0.506. The standard InChI is InChI=1S/C12H23ClO/c1-4-6-7-12(5-2)10-14-9-11(3)8-13/h12H,3-10H2,1-2H3. The normalized spacial score (nSPS) is 12.8. The SMILES string of the molecule is C=C(CCl)COCC(CC)CCCC. The van der Waals surface area contributed by atoms with Crippen LogP contribution >= 0.6 is 11.6 Å². The third kappa shape index (κ3) is 7.40. The van der Waals surface area contributed by atoms with Gasteiger partial charge < -0.3 is 4.74 Å². The fraction of sp³-hybridized carbons (Fsp3) is 0.833. The fourth-order valence-corrected chi connectivity index (χ4v) is 1.38. The van der Waals surface area contributed by atoms with E-state index in [9.17, 15) is 0 Å². The Labute approximate surface area is 93.5 Å². The summed E-state index contributed by atoms with van der Waals surface area (Å²) in [5.41, 5.74) is 0.969. The van der Waals surface area contributed by atoms with Gasteiger partial charge in [0.25, 0.3) is 0 Å².